The highest BCUT2D eigenvalue weighted by Gasteiger charge is 2.30. The molecule has 1 aliphatic heterocycles. The molecule has 2 heterocycles. The van der Waals surface area contributed by atoms with Crippen LogP contribution in [0.25, 0.3) is 0 Å². The fraction of sp³-hybridized carbons (Fsp3) is 0.533. The number of ether oxygens (including phenoxy) is 1. The molecule has 0 aromatic carbocycles. The summed E-state index contributed by atoms with van der Waals surface area (Å²) in [5.74, 6) is -0.898. The highest BCUT2D eigenvalue weighted by Crippen LogP contribution is 2.19. The number of pyridine rings is 1. The van der Waals surface area contributed by atoms with Gasteiger partial charge in [-0.3, -0.25) is 14.4 Å². The summed E-state index contributed by atoms with van der Waals surface area (Å²) in [5.41, 5.74) is 0.433. The normalized spacial score (nSPS) is 18.4. The van der Waals surface area contributed by atoms with E-state index in [1.807, 2.05) is 0 Å². The Morgan fingerprint density at radius 3 is 2.86 bits per heavy atom. The molecular weight excluding hydrogens is 272 g/mol. The molecule has 114 valence electrons. The van der Waals surface area contributed by atoms with Crippen LogP contribution in [0.5, 0.6) is 0 Å². The largest absolute Gasteiger partial charge is 0.466 e. The average molecular weight is 292 g/mol. The zero-order chi connectivity index (χ0) is 15.4. The predicted molar refractivity (Wildman–Crippen MR) is 77.1 cm³/mol. The lowest BCUT2D eigenvalue weighted by Gasteiger charge is -2.31. The number of esters is 1. The summed E-state index contributed by atoms with van der Waals surface area (Å²) in [5, 5.41) is 0. The fourth-order valence-electron chi connectivity index (χ4n) is 2.52. The molecule has 2 rings (SSSR count). The molecule has 6 heteroatoms. The number of amides is 1. The molecule has 1 N–H and O–H groups in total. The third-order valence-corrected chi connectivity index (χ3v) is 3.61. The van der Waals surface area contributed by atoms with E-state index in [9.17, 15) is 14.4 Å². The Balaban J connectivity index is 2.12. The van der Waals surface area contributed by atoms with Crippen molar-refractivity contribution in [2.45, 2.75) is 26.7 Å². The summed E-state index contributed by atoms with van der Waals surface area (Å²) in [6.45, 7) is 4.72. The summed E-state index contributed by atoms with van der Waals surface area (Å²) < 4.78 is 5.01. The van der Waals surface area contributed by atoms with Crippen molar-refractivity contribution in [1.29, 1.82) is 0 Å². The number of H-pyrrole nitrogens is 1. The van der Waals surface area contributed by atoms with Gasteiger partial charge >= 0.3 is 5.97 Å². The maximum absolute atomic E-state index is 12.4. The van der Waals surface area contributed by atoms with Crippen molar-refractivity contribution in [2.75, 3.05) is 19.7 Å². The number of aromatic amines is 1. The summed E-state index contributed by atoms with van der Waals surface area (Å²) in [7, 11) is 0. The Labute approximate surface area is 123 Å². The van der Waals surface area contributed by atoms with Gasteiger partial charge in [0.05, 0.1) is 12.5 Å². The van der Waals surface area contributed by atoms with Gasteiger partial charge in [-0.2, -0.15) is 0 Å². The molecule has 1 fully saturated rings. The number of aryl methyl sites for hydroxylation is 1. The van der Waals surface area contributed by atoms with E-state index in [1.54, 1.807) is 24.8 Å². The van der Waals surface area contributed by atoms with E-state index in [0.29, 0.717) is 31.8 Å². The molecule has 1 aromatic rings. The molecular formula is C15H20N2O4. The molecule has 1 atom stereocenters. The van der Waals surface area contributed by atoms with Gasteiger partial charge in [0.15, 0.2) is 0 Å². The summed E-state index contributed by atoms with van der Waals surface area (Å²) in [6, 6.07) is 3.23. The van der Waals surface area contributed by atoms with Crippen LogP contribution in [0.4, 0.5) is 0 Å². The van der Waals surface area contributed by atoms with E-state index < -0.39 is 5.56 Å². The van der Waals surface area contributed by atoms with E-state index in [1.165, 1.54) is 6.07 Å². The topological polar surface area (TPSA) is 79.5 Å². The Hall–Kier alpha value is -2.11. The van der Waals surface area contributed by atoms with Gasteiger partial charge in [0.1, 0.15) is 5.56 Å². The van der Waals surface area contributed by atoms with Gasteiger partial charge < -0.3 is 14.6 Å². The van der Waals surface area contributed by atoms with Crippen LogP contribution in [0, 0.1) is 12.8 Å². The standard InChI is InChI=1S/C15H20N2O4/c1-3-21-15(20)11-5-4-8-17(9-11)14(19)12-7-6-10(2)16-13(12)18/h6-7,11H,3-5,8-9H2,1-2H3,(H,16,18)/t11-/m1/s1. The van der Waals surface area contributed by atoms with Crippen molar-refractivity contribution < 1.29 is 14.3 Å². The van der Waals surface area contributed by atoms with Gasteiger partial charge in [-0.25, -0.2) is 0 Å². The van der Waals surface area contributed by atoms with Gasteiger partial charge in [-0.1, -0.05) is 0 Å². The van der Waals surface area contributed by atoms with Crippen LogP contribution in [0.15, 0.2) is 16.9 Å². The SMILES string of the molecule is CCOC(=O)[C@@H]1CCCN(C(=O)c2ccc(C)[nH]c2=O)C1. The molecule has 0 aliphatic carbocycles. The third-order valence-electron chi connectivity index (χ3n) is 3.61. The van der Waals surface area contributed by atoms with Gasteiger partial charge in [-0.05, 0) is 38.8 Å². The van der Waals surface area contributed by atoms with Crippen molar-refractivity contribution in [3.05, 3.63) is 33.7 Å². The summed E-state index contributed by atoms with van der Waals surface area (Å²) in [4.78, 5) is 40.2. The number of aromatic nitrogens is 1. The third kappa shape index (κ3) is 3.51. The zero-order valence-corrected chi connectivity index (χ0v) is 12.3. The van der Waals surface area contributed by atoms with Crippen molar-refractivity contribution in [1.82, 2.24) is 9.88 Å². The average Bonchev–Trinajstić information content (AvgIpc) is 2.47. The molecule has 0 saturated carbocycles. The molecule has 0 spiro atoms. The first kappa shape index (κ1) is 15.3. The van der Waals surface area contributed by atoms with E-state index in [2.05, 4.69) is 4.98 Å². The lowest BCUT2D eigenvalue weighted by Crippen LogP contribution is -2.44. The fourth-order valence-corrected chi connectivity index (χ4v) is 2.52. The Morgan fingerprint density at radius 2 is 2.19 bits per heavy atom. The Morgan fingerprint density at radius 1 is 1.43 bits per heavy atom. The molecule has 1 aromatic heterocycles. The number of piperidine rings is 1. The van der Waals surface area contributed by atoms with Crippen LogP contribution in [0.2, 0.25) is 0 Å². The number of nitrogens with one attached hydrogen (secondary N) is 1. The van der Waals surface area contributed by atoms with Crippen LogP contribution >= 0.6 is 0 Å². The Kier molecular flexibility index (Phi) is 4.77. The maximum atomic E-state index is 12.4. The maximum Gasteiger partial charge on any atom is 0.310 e. The van der Waals surface area contributed by atoms with Gasteiger partial charge in [0.2, 0.25) is 0 Å². The number of likely N-dealkylation sites (tertiary alicyclic amines) is 1. The van der Waals surface area contributed by atoms with Crippen molar-refractivity contribution in [3.8, 4) is 0 Å². The van der Waals surface area contributed by atoms with Crippen LogP contribution in [-0.2, 0) is 9.53 Å². The lowest BCUT2D eigenvalue weighted by molar-refractivity contribution is -0.149. The molecule has 6 nitrogen and oxygen atoms in total. The number of nitrogens with zero attached hydrogens (tertiary/aromatic N) is 1. The Bertz CT molecular complexity index is 594. The van der Waals surface area contributed by atoms with Crippen LogP contribution in [-0.4, -0.2) is 41.5 Å². The van der Waals surface area contributed by atoms with Crippen LogP contribution < -0.4 is 5.56 Å². The second-order valence-corrected chi connectivity index (χ2v) is 5.23. The minimum atomic E-state index is -0.391. The van der Waals surface area contributed by atoms with Gasteiger partial charge in [0, 0.05) is 18.8 Å². The molecule has 1 aliphatic rings. The van der Waals surface area contributed by atoms with Crippen molar-refractivity contribution in [3.63, 3.8) is 0 Å². The quantitative estimate of drug-likeness (QED) is 0.846. The zero-order valence-electron chi connectivity index (χ0n) is 12.3. The monoisotopic (exact) mass is 292 g/mol. The minimum Gasteiger partial charge on any atom is -0.466 e. The van der Waals surface area contributed by atoms with Gasteiger partial charge in [-0.15, -0.1) is 0 Å². The highest BCUT2D eigenvalue weighted by atomic mass is 16.5. The smallest absolute Gasteiger partial charge is 0.310 e. The van der Waals surface area contributed by atoms with E-state index in [-0.39, 0.29) is 23.4 Å². The first-order valence-corrected chi connectivity index (χ1v) is 7.18. The number of hydrogen-bond donors (Lipinski definition) is 1. The number of hydrogen-bond acceptors (Lipinski definition) is 4. The molecule has 0 bridgehead atoms. The van der Waals surface area contributed by atoms with Crippen molar-refractivity contribution in [2.24, 2.45) is 5.92 Å². The lowest BCUT2D eigenvalue weighted by atomic mass is 9.97. The second-order valence-electron chi connectivity index (χ2n) is 5.23. The van der Waals surface area contributed by atoms with Gasteiger partial charge in [0.25, 0.3) is 11.5 Å². The molecule has 1 saturated heterocycles. The second kappa shape index (κ2) is 6.56. The molecule has 1 amide bonds. The first-order chi connectivity index (χ1) is 10.0. The highest BCUT2D eigenvalue weighted by molar-refractivity contribution is 5.94. The number of rotatable bonds is 3. The summed E-state index contributed by atoms with van der Waals surface area (Å²) in [6.07, 6.45) is 1.45. The molecule has 0 radical (unpaired) electrons. The van der Waals surface area contributed by atoms with E-state index in [4.69, 9.17) is 4.74 Å². The number of carbonyl (C=O) groups excluding carboxylic acids is 2. The predicted octanol–water partition coefficient (Wildman–Crippen LogP) is 1.10. The molecule has 21 heavy (non-hydrogen) atoms. The van der Waals surface area contributed by atoms with Crippen molar-refractivity contribution >= 4 is 11.9 Å². The first-order valence-electron chi connectivity index (χ1n) is 7.18. The minimum absolute atomic E-state index is 0.116. The van der Waals surface area contributed by atoms with Crippen LogP contribution in [0.3, 0.4) is 0 Å². The number of carbonyl (C=O) groups is 2. The summed E-state index contributed by atoms with van der Waals surface area (Å²) >= 11 is 0. The van der Waals surface area contributed by atoms with E-state index >= 15 is 0 Å². The van der Waals surface area contributed by atoms with E-state index in [0.717, 1.165) is 6.42 Å². The van der Waals surface area contributed by atoms with Crippen LogP contribution in [0.1, 0.15) is 35.8 Å². The molecule has 0 unspecified atom stereocenters.